The first-order valence-corrected chi connectivity index (χ1v) is 7.33. The lowest BCUT2D eigenvalue weighted by molar-refractivity contribution is 0.631. The van der Waals surface area contributed by atoms with Crippen LogP contribution in [0.3, 0.4) is 0 Å². The standard InChI is InChI=1S/C17H17ClFN/c1-20-9-5-4-6-12-10-14(15(18)11-17(12)20)13-7-2-3-8-16(13)19/h2-3,7-8,10-11H,4-6,9H2,1H3. The number of aryl methyl sites for hydroxylation is 1. The maximum Gasteiger partial charge on any atom is 0.131 e. The first-order chi connectivity index (χ1) is 9.66. The number of benzene rings is 2. The van der Waals surface area contributed by atoms with E-state index in [0.29, 0.717) is 10.6 Å². The molecular weight excluding hydrogens is 273 g/mol. The van der Waals surface area contributed by atoms with Gasteiger partial charge in [0.25, 0.3) is 0 Å². The largest absolute Gasteiger partial charge is 0.374 e. The highest BCUT2D eigenvalue weighted by Crippen LogP contribution is 2.37. The van der Waals surface area contributed by atoms with E-state index >= 15 is 0 Å². The summed E-state index contributed by atoms with van der Waals surface area (Å²) in [5.74, 6) is -0.226. The smallest absolute Gasteiger partial charge is 0.131 e. The second-order valence-corrected chi connectivity index (χ2v) is 5.73. The molecule has 1 nitrogen and oxygen atoms in total. The van der Waals surface area contributed by atoms with E-state index in [4.69, 9.17) is 11.6 Å². The van der Waals surface area contributed by atoms with Crippen molar-refractivity contribution in [1.82, 2.24) is 0 Å². The van der Waals surface area contributed by atoms with Crippen LogP contribution in [0.4, 0.5) is 10.1 Å². The molecule has 1 aliphatic rings. The van der Waals surface area contributed by atoms with Crippen LogP contribution >= 0.6 is 11.6 Å². The average Bonchev–Trinajstić information content (AvgIpc) is 2.61. The van der Waals surface area contributed by atoms with Gasteiger partial charge in [0.15, 0.2) is 0 Å². The molecule has 2 aromatic carbocycles. The second-order valence-electron chi connectivity index (χ2n) is 5.32. The Hall–Kier alpha value is -1.54. The maximum atomic E-state index is 14.0. The lowest BCUT2D eigenvalue weighted by Crippen LogP contribution is -2.17. The average molecular weight is 290 g/mol. The van der Waals surface area contributed by atoms with Crippen LogP contribution in [0.2, 0.25) is 5.02 Å². The molecule has 1 aliphatic heterocycles. The summed E-state index contributed by atoms with van der Waals surface area (Å²) in [6.07, 6.45) is 3.37. The molecule has 0 N–H and O–H groups in total. The molecular formula is C17H17ClFN. The molecule has 0 spiro atoms. The molecule has 0 aliphatic carbocycles. The van der Waals surface area contributed by atoms with Gasteiger partial charge in [0, 0.05) is 30.4 Å². The first-order valence-electron chi connectivity index (χ1n) is 6.95. The SMILES string of the molecule is CN1CCCCc2cc(-c3ccccc3F)c(Cl)cc21. The van der Waals surface area contributed by atoms with E-state index in [2.05, 4.69) is 18.0 Å². The lowest BCUT2D eigenvalue weighted by atomic mass is 9.99. The summed E-state index contributed by atoms with van der Waals surface area (Å²) in [5, 5.41) is 0.614. The molecule has 3 rings (SSSR count). The van der Waals surface area contributed by atoms with Crippen molar-refractivity contribution >= 4 is 17.3 Å². The highest BCUT2D eigenvalue weighted by Gasteiger charge is 2.17. The number of nitrogens with zero attached hydrogens (tertiary/aromatic N) is 1. The lowest BCUT2D eigenvalue weighted by Gasteiger charge is -2.21. The number of fused-ring (bicyclic) bond motifs is 1. The van der Waals surface area contributed by atoms with E-state index in [0.717, 1.165) is 24.9 Å². The summed E-state index contributed by atoms with van der Waals surface area (Å²) in [6, 6.07) is 10.8. The van der Waals surface area contributed by atoms with Gasteiger partial charge in [0.1, 0.15) is 5.82 Å². The summed E-state index contributed by atoms with van der Waals surface area (Å²) in [6.45, 7) is 1.04. The fourth-order valence-corrected chi connectivity index (χ4v) is 3.09. The number of anilines is 1. The minimum atomic E-state index is -0.226. The molecule has 0 aromatic heterocycles. The molecule has 20 heavy (non-hydrogen) atoms. The molecule has 104 valence electrons. The van der Waals surface area contributed by atoms with Crippen molar-refractivity contribution < 1.29 is 4.39 Å². The molecule has 0 fully saturated rings. The van der Waals surface area contributed by atoms with E-state index < -0.39 is 0 Å². The van der Waals surface area contributed by atoms with Crippen LogP contribution in [0, 0.1) is 5.82 Å². The van der Waals surface area contributed by atoms with E-state index in [-0.39, 0.29) is 5.82 Å². The van der Waals surface area contributed by atoms with Crippen molar-refractivity contribution in [1.29, 1.82) is 0 Å². The predicted molar refractivity (Wildman–Crippen MR) is 83.1 cm³/mol. The topological polar surface area (TPSA) is 3.24 Å². The zero-order valence-electron chi connectivity index (χ0n) is 11.5. The van der Waals surface area contributed by atoms with E-state index in [1.807, 2.05) is 12.1 Å². The quantitative estimate of drug-likeness (QED) is 0.720. The van der Waals surface area contributed by atoms with Gasteiger partial charge in [-0.3, -0.25) is 0 Å². The normalized spacial score (nSPS) is 14.8. The van der Waals surface area contributed by atoms with E-state index in [1.165, 1.54) is 23.7 Å². The van der Waals surface area contributed by atoms with Crippen LogP contribution in [0.5, 0.6) is 0 Å². The Kier molecular flexibility index (Phi) is 3.66. The third-order valence-electron chi connectivity index (χ3n) is 3.93. The van der Waals surface area contributed by atoms with Gasteiger partial charge in [-0.25, -0.2) is 4.39 Å². The van der Waals surface area contributed by atoms with Gasteiger partial charge in [-0.05, 0) is 43.0 Å². The Morgan fingerprint density at radius 2 is 1.90 bits per heavy atom. The minimum absolute atomic E-state index is 0.226. The van der Waals surface area contributed by atoms with Gasteiger partial charge in [-0.15, -0.1) is 0 Å². The summed E-state index contributed by atoms with van der Waals surface area (Å²) in [4.78, 5) is 2.24. The highest BCUT2D eigenvalue weighted by molar-refractivity contribution is 6.33. The molecule has 0 saturated carbocycles. The molecule has 2 aromatic rings. The predicted octanol–water partition coefficient (Wildman–Crippen LogP) is 4.92. The Bertz CT molecular complexity index is 639. The van der Waals surface area contributed by atoms with E-state index in [9.17, 15) is 4.39 Å². The first kappa shape index (κ1) is 13.4. The van der Waals surface area contributed by atoms with Crippen molar-refractivity contribution in [2.45, 2.75) is 19.3 Å². The van der Waals surface area contributed by atoms with E-state index in [1.54, 1.807) is 12.1 Å². The number of rotatable bonds is 1. The molecule has 3 heteroatoms. The van der Waals surface area contributed by atoms with Gasteiger partial charge in [-0.2, -0.15) is 0 Å². The number of hydrogen-bond donors (Lipinski definition) is 0. The van der Waals surface area contributed by atoms with Gasteiger partial charge in [0.2, 0.25) is 0 Å². The third kappa shape index (κ3) is 2.40. The molecule has 0 radical (unpaired) electrons. The monoisotopic (exact) mass is 289 g/mol. The number of halogens is 2. The number of hydrogen-bond acceptors (Lipinski definition) is 1. The fourth-order valence-electron chi connectivity index (χ4n) is 2.83. The van der Waals surface area contributed by atoms with Crippen LogP contribution in [0.25, 0.3) is 11.1 Å². The van der Waals surface area contributed by atoms with Gasteiger partial charge in [-0.1, -0.05) is 29.8 Å². The summed E-state index contributed by atoms with van der Waals surface area (Å²) in [7, 11) is 2.09. The molecule has 0 saturated heterocycles. The van der Waals surface area contributed by atoms with Crippen LogP contribution in [-0.2, 0) is 6.42 Å². The van der Waals surface area contributed by atoms with Crippen molar-refractivity contribution in [3.63, 3.8) is 0 Å². The van der Waals surface area contributed by atoms with Crippen molar-refractivity contribution in [3.8, 4) is 11.1 Å². The molecule has 0 bridgehead atoms. The second kappa shape index (κ2) is 5.45. The highest BCUT2D eigenvalue weighted by atomic mass is 35.5. The molecule has 0 amide bonds. The zero-order chi connectivity index (χ0) is 14.1. The summed E-state index contributed by atoms with van der Waals surface area (Å²) >= 11 is 6.39. The molecule has 0 unspecified atom stereocenters. The van der Waals surface area contributed by atoms with Gasteiger partial charge < -0.3 is 4.90 Å². The molecule has 1 heterocycles. The van der Waals surface area contributed by atoms with Crippen LogP contribution in [0.1, 0.15) is 18.4 Å². The summed E-state index contributed by atoms with van der Waals surface area (Å²) < 4.78 is 14.0. The van der Waals surface area contributed by atoms with Crippen LogP contribution < -0.4 is 4.90 Å². The van der Waals surface area contributed by atoms with Crippen LogP contribution in [0.15, 0.2) is 36.4 Å². The fraction of sp³-hybridized carbons (Fsp3) is 0.294. The third-order valence-corrected chi connectivity index (χ3v) is 4.25. The van der Waals surface area contributed by atoms with Crippen molar-refractivity contribution in [2.75, 3.05) is 18.5 Å². The minimum Gasteiger partial charge on any atom is -0.374 e. The Morgan fingerprint density at radius 3 is 2.70 bits per heavy atom. The Balaban J connectivity index is 2.15. The Labute approximate surface area is 124 Å². The maximum absolute atomic E-state index is 14.0. The Morgan fingerprint density at radius 1 is 1.10 bits per heavy atom. The van der Waals surface area contributed by atoms with Crippen molar-refractivity contribution in [2.24, 2.45) is 0 Å². The van der Waals surface area contributed by atoms with Gasteiger partial charge in [0.05, 0.1) is 5.02 Å². The summed E-state index contributed by atoms with van der Waals surface area (Å²) in [5.41, 5.74) is 3.80. The van der Waals surface area contributed by atoms with Gasteiger partial charge >= 0.3 is 0 Å². The molecule has 0 atom stereocenters. The van der Waals surface area contributed by atoms with Crippen molar-refractivity contribution in [3.05, 3.63) is 52.8 Å². The van der Waals surface area contributed by atoms with Crippen LogP contribution in [-0.4, -0.2) is 13.6 Å². The zero-order valence-corrected chi connectivity index (χ0v) is 12.3.